The van der Waals surface area contributed by atoms with Gasteiger partial charge in [-0.3, -0.25) is 14.9 Å². The number of nitrogens with one attached hydrogen (secondary N) is 1. The number of nitro groups is 1. The van der Waals surface area contributed by atoms with E-state index in [1.54, 1.807) is 19.1 Å². The van der Waals surface area contributed by atoms with E-state index in [9.17, 15) is 14.9 Å². The van der Waals surface area contributed by atoms with Gasteiger partial charge in [0.05, 0.1) is 10.6 Å². The van der Waals surface area contributed by atoms with Crippen LogP contribution in [0, 0.1) is 10.1 Å². The lowest BCUT2D eigenvalue weighted by molar-refractivity contribution is -0.384. The van der Waals surface area contributed by atoms with Crippen LogP contribution >= 0.6 is 0 Å². The molecule has 1 aromatic heterocycles. The Kier molecular flexibility index (Phi) is 5.26. The zero-order valence-electron chi connectivity index (χ0n) is 16.4. The maximum atomic E-state index is 12.4. The second kappa shape index (κ2) is 8.16. The number of para-hydroxylation sites is 2. The average molecular weight is 400 g/mol. The van der Waals surface area contributed by atoms with Gasteiger partial charge in [-0.2, -0.15) is 5.10 Å². The zero-order chi connectivity index (χ0) is 21.1. The number of carbonyl (C=O) groups excluding carboxylic acids is 1. The number of hydrogen-bond acceptors (Lipinski definition) is 4. The molecule has 7 heteroatoms. The van der Waals surface area contributed by atoms with E-state index in [1.165, 1.54) is 22.9 Å². The van der Waals surface area contributed by atoms with Gasteiger partial charge in [0, 0.05) is 46.9 Å². The van der Waals surface area contributed by atoms with E-state index in [-0.39, 0.29) is 18.0 Å². The van der Waals surface area contributed by atoms with Gasteiger partial charge in [0.1, 0.15) is 0 Å². The summed E-state index contributed by atoms with van der Waals surface area (Å²) in [6.45, 7) is 2.28. The van der Waals surface area contributed by atoms with E-state index in [0.717, 1.165) is 11.0 Å². The van der Waals surface area contributed by atoms with Crippen molar-refractivity contribution in [3.8, 4) is 0 Å². The van der Waals surface area contributed by atoms with Crippen LogP contribution in [0.25, 0.3) is 21.8 Å². The number of rotatable bonds is 6. The molecule has 0 spiro atoms. The second-order valence-electron chi connectivity index (χ2n) is 6.97. The highest BCUT2D eigenvalue weighted by atomic mass is 16.6. The maximum Gasteiger partial charge on any atom is 0.269 e. The molecule has 0 bridgehead atoms. The van der Waals surface area contributed by atoms with Gasteiger partial charge in [-0.15, -0.1) is 0 Å². The molecular formula is C23H20N4O3. The van der Waals surface area contributed by atoms with Crippen molar-refractivity contribution in [1.82, 2.24) is 9.99 Å². The van der Waals surface area contributed by atoms with Gasteiger partial charge in [0.25, 0.3) is 5.69 Å². The summed E-state index contributed by atoms with van der Waals surface area (Å²) >= 11 is 0. The average Bonchev–Trinajstić information content (AvgIpc) is 3.10. The molecule has 0 atom stereocenters. The summed E-state index contributed by atoms with van der Waals surface area (Å²) in [5.41, 5.74) is 6.07. The number of aromatic nitrogens is 1. The highest BCUT2D eigenvalue weighted by Gasteiger charge is 2.11. The van der Waals surface area contributed by atoms with E-state index >= 15 is 0 Å². The Labute approximate surface area is 172 Å². The van der Waals surface area contributed by atoms with E-state index in [4.69, 9.17) is 0 Å². The Bertz CT molecular complexity index is 1220. The summed E-state index contributed by atoms with van der Waals surface area (Å²) in [4.78, 5) is 22.7. The van der Waals surface area contributed by atoms with Crippen LogP contribution in [0.3, 0.4) is 0 Å². The van der Waals surface area contributed by atoms with Crippen LogP contribution in [-0.2, 0) is 11.3 Å². The SMILES string of the molecule is C/C(=N/NC(=O)CCn1c2ccccc2c2ccccc21)c1ccc([N+](=O)[O-])cc1. The van der Waals surface area contributed by atoms with E-state index in [2.05, 4.69) is 39.4 Å². The van der Waals surface area contributed by atoms with Crippen molar-refractivity contribution in [3.05, 3.63) is 88.5 Å². The van der Waals surface area contributed by atoms with Crippen molar-refractivity contribution < 1.29 is 9.72 Å². The number of non-ortho nitro benzene ring substituents is 1. The highest BCUT2D eigenvalue weighted by molar-refractivity contribution is 6.08. The van der Waals surface area contributed by atoms with Crippen LogP contribution in [0.2, 0.25) is 0 Å². The summed E-state index contributed by atoms with van der Waals surface area (Å²) in [5, 5.41) is 17.2. The van der Waals surface area contributed by atoms with Gasteiger partial charge in [-0.25, -0.2) is 5.43 Å². The zero-order valence-corrected chi connectivity index (χ0v) is 16.4. The molecule has 3 aromatic carbocycles. The van der Waals surface area contributed by atoms with Gasteiger partial charge < -0.3 is 4.57 Å². The molecule has 0 radical (unpaired) electrons. The molecular weight excluding hydrogens is 380 g/mol. The molecule has 0 aliphatic rings. The van der Waals surface area contributed by atoms with Crippen molar-refractivity contribution in [3.63, 3.8) is 0 Å². The van der Waals surface area contributed by atoms with Crippen LogP contribution in [0.1, 0.15) is 18.9 Å². The third kappa shape index (κ3) is 3.77. The predicted octanol–water partition coefficient (Wildman–Crippen LogP) is 4.63. The van der Waals surface area contributed by atoms with Crippen molar-refractivity contribution in [2.75, 3.05) is 0 Å². The Morgan fingerprint density at radius 1 is 0.967 bits per heavy atom. The Morgan fingerprint density at radius 2 is 1.53 bits per heavy atom. The quantitative estimate of drug-likeness (QED) is 0.291. The Hall–Kier alpha value is -4.00. The molecule has 1 heterocycles. The molecule has 4 rings (SSSR count). The maximum absolute atomic E-state index is 12.4. The largest absolute Gasteiger partial charge is 0.340 e. The minimum atomic E-state index is -0.452. The lowest BCUT2D eigenvalue weighted by Gasteiger charge is -2.07. The molecule has 4 aromatic rings. The number of hydrogen-bond donors (Lipinski definition) is 1. The van der Waals surface area contributed by atoms with Gasteiger partial charge in [-0.1, -0.05) is 36.4 Å². The molecule has 0 fully saturated rings. The Balaban J connectivity index is 1.46. The van der Waals surface area contributed by atoms with E-state index in [1.807, 2.05) is 24.3 Å². The second-order valence-corrected chi connectivity index (χ2v) is 6.97. The number of nitrogens with zero attached hydrogens (tertiary/aromatic N) is 3. The first-order valence-electron chi connectivity index (χ1n) is 9.58. The first-order valence-corrected chi connectivity index (χ1v) is 9.58. The lowest BCUT2D eigenvalue weighted by atomic mass is 10.1. The van der Waals surface area contributed by atoms with E-state index in [0.29, 0.717) is 17.8 Å². The molecule has 1 amide bonds. The molecule has 1 N–H and O–H groups in total. The molecule has 0 aliphatic heterocycles. The summed E-state index contributed by atoms with van der Waals surface area (Å²) in [7, 11) is 0. The van der Waals surface area contributed by atoms with E-state index < -0.39 is 4.92 Å². The normalized spacial score (nSPS) is 11.7. The van der Waals surface area contributed by atoms with Crippen LogP contribution in [-0.4, -0.2) is 21.1 Å². The third-order valence-corrected chi connectivity index (χ3v) is 5.09. The number of nitro benzene ring substituents is 1. The first kappa shape index (κ1) is 19.3. The van der Waals surface area contributed by atoms with Crippen molar-refractivity contribution in [2.24, 2.45) is 5.10 Å². The molecule has 0 unspecified atom stereocenters. The van der Waals surface area contributed by atoms with Gasteiger partial charge in [0.2, 0.25) is 5.91 Å². The number of hydrazone groups is 1. The fourth-order valence-electron chi connectivity index (χ4n) is 3.55. The predicted molar refractivity (Wildman–Crippen MR) is 118 cm³/mol. The molecule has 30 heavy (non-hydrogen) atoms. The summed E-state index contributed by atoms with van der Waals surface area (Å²) in [6.07, 6.45) is 0.277. The first-order chi connectivity index (χ1) is 14.5. The highest BCUT2D eigenvalue weighted by Crippen LogP contribution is 2.28. The number of fused-ring (bicyclic) bond motifs is 3. The fourth-order valence-corrected chi connectivity index (χ4v) is 3.55. The van der Waals surface area contributed by atoms with Crippen LogP contribution in [0.15, 0.2) is 77.9 Å². The molecule has 0 aliphatic carbocycles. The smallest absolute Gasteiger partial charge is 0.269 e. The lowest BCUT2D eigenvalue weighted by Crippen LogP contribution is -2.20. The molecule has 0 saturated carbocycles. The van der Waals surface area contributed by atoms with Crippen LogP contribution in [0.5, 0.6) is 0 Å². The minimum Gasteiger partial charge on any atom is -0.340 e. The number of carbonyl (C=O) groups is 1. The van der Waals surface area contributed by atoms with Gasteiger partial charge in [0.15, 0.2) is 0 Å². The summed E-state index contributed by atoms with van der Waals surface area (Å²) in [6, 6.07) is 22.4. The van der Waals surface area contributed by atoms with Crippen LogP contribution < -0.4 is 5.43 Å². The molecule has 0 saturated heterocycles. The van der Waals surface area contributed by atoms with Gasteiger partial charge in [-0.05, 0) is 36.8 Å². The Morgan fingerprint density at radius 3 is 2.10 bits per heavy atom. The minimum absolute atomic E-state index is 0.0155. The fraction of sp³-hybridized carbons (Fsp3) is 0.130. The third-order valence-electron chi connectivity index (χ3n) is 5.09. The summed E-state index contributed by atoms with van der Waals surface area (Å²) < 4.78 is 2.15. The topological polar surface area (TPSA) is 89.5 Å². The van der Waals surface area contributed by atoms with Gasteiger partial charge >= 0.3 is 0 Å². The standard InChI is InChI=1S/C23H20N4O3/c1-16(17-10-12-18(13-11-17)27(29)30)24-25-23(28)14-15-26-21-8-4-2-6-19(21)20-7-3-5-9-22(20)26/h2-13H,14-15H2,1H3,(H,25,28)/b24-16-. The number of aryl methyl sites for hydroxylation is 1. The van der Waals surface area contributed by atoms with Crippen molar-refractivity contribution in [2.45, 2.75) is 19.9 Å². The van der Waals surface area contributed by atoms with Crippen molar-refractivity contribution >= 4 is 39.1 Å². The van der Waals surface area contributed by atoms with Crippen molar-refractivity contribution in [1.29, 1.82) is 0 Å². The monoisotopic (exact) mass is 400 g/mol. The van der Waals surface area contributed by atoms with Crippen LogP contribution in [0.4, 0.5) is 5.69 Å². The molecule has 7 nitrogen and oxygen atoms in total. The molecule has 150 valence electrons. The number of benzene rings is 3. The summed E-state index contributed by atoms with van der Waals surface area (Å²) in [5.74, 6) is -0.196. The number of amides is 1.